The van der Waals surface area contributed by atoms with Gasteiger partial charge in [-0.1, -0.05) is 15.9 Å². The van der Waals surface area contributed by atoms with Crippen LogP contribution in [0.4, 0.5) is 4.39 Å². The van der Waals surface area contributed by atoms with E-state index >= 15 is 0 Å². The number of nitrogens with zero attached hydrogens (tertiary/aromatic N) is 1. The predicted octanol–water partition coefficient (Wildman–Crippen LogP) is 3.18. The summed E-state index contributed by atoms with van der Waals surface area (Å²) in [6, 6.07) is 5.16. The summed E-state index contributed by atoms with van der Waals surface area (Å²) < 4.78 is 14.6. The molecule has 0 aliphatic heterocycles. The molecular weight excluding hydrogens is 297 g/mol. The number of imidazole rings is 1. The molecule has 0 bridgehead atoms. The number of rotatable bonds is 2. The molecule has 3 nitrogen and oxygen atoms in total. The van der Waals surface area contributed by atoms with Crippen molar-refractivity contribution in [3.63, 3.8) is 0 Å². The summed E-state index contributed by atoms with van der Waals surface area (Å²) in [6.45, 7) is 0. The lowest BCUT2D eigenvalue weighted by atomic mass is 9.80. The maximum Gasteiger partial charge on any atom is 0.132 e. The minimum atomic E-state index is -0.251. The first-order chi connectivity index (χ1) is 8.63. The zero-order valence-electron chi connectivity index (χ0n) is 9.66. The number of hydrogen-bond acceptors (Lipinski definition) is 2. The number of halogens is 2. The highest BCUT2D eigenvalue weighted by atomic mass is 79.9. The highest BCUT2D eigenvalue weighted by molar-refractivity contribution is 9.10. The molecule has 1 aliphatic rings. The summed E-state index contributed by atoms with van der Waals surface area (Å²) in [5.74, 6) is 1.05. The zero-order chi connectivity index (χ0) is 12.7. The normalized spacial score (nSPS) is 22.8. The summed E-state index contributed by atoms with van der Waals surface area (Å²) in [5.41, 5.74) is 7.01. The Morgan fingerprint density at radius 2 is 2.17 bits per heavy atom. The molecule has 0 atom stereocenters. The first-order valence-corrected chi connectivity index (χ1v) is 6.68. The van der Waals surface area contributed by atoms with Crippen LogP contribution in [0.15, 0.2) is 28.9 Å². The van der Waals surface area contributed by atoms with E-state index in [1.807, 2.05) is 0 Å². The SMILES string of the molecule is NC1CC(c2ncc(-c3cc(Br)ccc3F)[nH]2)C1. The van der Waals surface area contributed by atoms with Crippen LogP contribution in [0, 0.1) is 5.82 Å². The van der Waals surface area contributed by atoms with Gasteiger partial charge in [0.2, 0.25) is 0 Å². The van der Waals surface area contributed by atoms with Gasteiger partial charge in [0.25, 0.3) is 0 Å². The van der Waals surface area contributed by atoms with Crippen molar-refractivity contribution >= 4 is 15.9 Å². The van der Waals surface area contributed by atoms with Gasteiger partial charge in [0.15, 0.2) is 0 Å². The fourth-order valence-electron chi connectivity index (χ4n) is 2.27. The number of benzene rings is 1. The molecule has 0 saturated heterocycles. The van der Waals surface area contributed by atoms with Gasteiger partial charge in [0.05, 0.1) is 11.9 Å². The summed E-state index contributed by atoms with van der Waals surface area (Å²) in [6.07, 6.45) is 3.59. The molecule has 1 heterocycles. The number of aromatic nitrogens is 2. The fourth-order valence-corrected chi connectivity index (χ4v) is 2.63. The van der Waals surface area contributed by atoms with Gasteiger partial charge in [-0.3, -0.25) is 0 Å². The van der Waals surface area contributed by atoms with E-state index in [9.17, 15) is 4.39 Å². The Hall–Kier alpha value is -1.20. The third kappa shape index (κ3) is 2.08. The van der Waals surface area contributed by atoms with Crippen molar-refractivity contribution in [2.45, 2.75) is 24.8 Å². The molecule has 0 unspecified atom stereocenters. The second-order valence-electron chi connectivity index (χ2n) is 4.73. The van der Waals surface area contributed by atoms with E-state index in [2.05, 4.69) is 25.9 Å². The average Bonchev–Trinajstić information content (AvgIpc) is 2.77. The molecule has 1 aromatic heterocycles. The molecule has 3 N–H and O–H groups in total. The van der Waals surface area contributed by atoms with Crippen LogP contribution < -0.4 is 5.73 Å². The van der Waals surface area contributed by atoms with Gasteiger partial charge >= 0.3 is 0 Å². The molecule has 1 saturated carbocycles. The van der Waals surface area contributed by atoms with Crippen LogP contribution in [-0.2, 0) is 0 Å². The smallest absolute Gasteiger partial charge is 0.132 e. The molecule has 0 spiro atoms. The maximum atomic E-state index is 13.7. The van der Waals surface area contributed by atoms with Crippen LogP contribution in [0.3, 0.4) is 0 Å². The highest BCUT2D eigenvalue weighted by Crippen LogP contribution is 2.35. The van der Waals surface area contributed by atoms with Crippen molar-refractivity contribution in [2.75, 3.05) is 0 Å². The topological polar surface area (TPSA) is 54.7 Å². The lowest BCUT2D eigenvalue weighted by Gasteiger charge is -2.30. The van der Waals surface area contributed by atoms with E-state index in [1.165, 1.54) is 6.07 Å². The zero-order valence-corrected chi connectivity index (χ0v) is 11.2. The van der Waals surface area contributed by atoms with Crippen molar-refractivity contribution < 1.29 is 4.39 Å². The summed E-state index contributed by atoms with van der Waals surface area (Å²) in [7, 11) is 0. The van der Waals surface area contributed by atoms with Crippen molar-refractivity contribution in [1.29, 1.82) is 0 Å². The van der Waals surface area contributed by atoms with Crippen LogP contribution in [-0.4, -0.2) is 16.0 Å². The fraction of sp³-hybridized carbons (Fsp3) is 0.308. The van der Waals surface area contributed by atoms with Gasteiger partial charge in [-0.05, 0) is 31.0 Å². The Morgan fingerprint density at radius 3 is 2.89 bits per heavy atom. The molecule has 1 aliphatic carbocycles. The van der Waals surface area contributed by atoms with E-state index in [-0.39, 0.29) is 11.9 Å². The Morgan fingerprint density at radius 1 is 1.39 bits per heavy atom. The molecule has 1 aromatic carbocycles. The van der Waals surface area contributed by atoms with Gasteiger partial charge < -0.3 is 10.7 Å². The molecule has 2 aromatic rings. The van der Waals surface area contributed by atoms with Gasteiger partial charge in [-0.25, -0.2) is 9.37 Å². The minimum absolute atomic E-state index is 0.251. The molecule has 1 fully saturated rings. The van der Waals surface area contributed by atoms with Crippen LogP contribution in [0.5, 0.6) is 0 Å². The van der Waals surface area contributed by atoms with Crippen LogP contribution in [0.1, 0.15) is 24.6 Å². The maximum absolute atomic E-state index is 13.7. The number of nitrogens with one attached hydrogen (secondary N) is 1. The molecule has 18 heavy (non-hydrogen) atoms. The Kier molecular flexibility index (Phi) is 2.95. The van der Waals surface area contributed by atoms with Crippen molar-refractivity contribution in [3.05, 3.63) is 40.5 Å². The van der Waals surface area contributed by atoms with E-state index in [1.54, 1.807) is 18.3 Å². The largest absolute Gasteiger partial charge is 0.342 e. The summed E-state index contributed by atoms with van der Waals surface area (Å²) in [4.78, 5) is 7.52. The average molecular weight is 310 g/mol. The van der Waals surface area contributed by atoms with Crippen LogP contribution in [0.2, 0.25) is 0 Å². The van der Waals surface area contributed by atoms with E-state index < -0.39 is 0 Å². The standard InChI is InChI=1S/C13H13BrFN3/c14-8-1-2-11(15)10(5-8)12-6-17-13(18-12)7-3-9(16)4-7/h1-2,5-7,9H,3-4,16H2,(H,17,18). The second-order valence-corrected chi connectivity index (χ2v) is 5.65. The second kappa shape index (κ2) is 4.48. The molecule has 0 radical (unpaired) electrons. The van der Waals surface area contributed by atoms with E-state index in [0.29, 0.717) is 17.2 Å². The van der Waals surface area contributed by atoms with E-state index in [4.69, 9.17) is 5.73 Å². The van der Waals surface area contributed by atoms with Crippen LogP contribution >= 0.6 is 15.9 Å². The number of nitrogens with two attached hydrogens (primary N) is 1. The monoisotopic (exact) mass is 309 g/mol. The minimum Gasteiger partial charge on any atom is -0.342 e. The predicted molar refractivity (Wildman–Crippen MR) is 71.6 cm³/mol. The summed E-state index contributed by atoms with van der Waals surface area (Å²) in [5, 5.41) is 0. The Balaban J connectivity index is 1.90. The Labute approximate surface area is 113 Å². The third-order valence-electron chi connectivity index (χ3n) is 3.38. The lowest BCUT2D eigenvalue weighted by molar-refractivity contribution is 0.340. The number of aromatic amines is 1. The number of H-pyrrole nitrogens is 1. The van der Waals surface area contributed by atoms with Crippen molar-refractivity contribution in [1.82, 2.24) is 9.97 Å². The van der Waals surface area contributed by atoms with E-state index in [0.717, 1.165) is 23.1 Å². The lowest BCUT2D eigenvalue weighted by Crippen LogP contribution is -2.35. The van der Waals surface area contributed by atoms with Gasteiger partial charge in [0.1, 0.15) is 11.6 Å². The van der Waals surface area contributed by atoms with Crippen molar-refractivity contribution in [2.24, 2.45) is 5.73 Å². The molecule has 5 heteroatoms. The van der Waals surface area contributed by atoms with Crippen molar-refractivity contribution in [3.8, 4) is 11.3 Å². The van der Waals surface area contributed by atoms with Gasteiger partial charge in [-0.2, -0.15) is 0 Å². The number of hydrogen-bond donors (Lipinski definition) is 2. The first-order valence-electron chi connectivity index (χ1n) is 5.89. The highest BCUT2D eigenvalue weighted by Gasteiger charge is 2.29. The summed E-state index contributed by atoms with van der Waals surface area (Å²) >= 11 is 3.34. The van der Waals surface area contributed by atoms with Crippen LogP contribution in [0.25, 0.3) is 11.3 Å². The first kappa shape index (κ1) is 11.9. The quantitative estimate of drug-likeness (QED) is 0.895. The molecule has 3 rings (SSSR count). The Bertz CT molecular complexity index is 575. The molecular formula is C13H13BrFN3. The third-order valence-corrected chi connectivity index (χ3v) is 3.87. The van der Waals surface area contributed by atoms with Gasteiger partial charge in [-0.15, -0.1) is 0 Å². The van der Waals surface area contributed by atoms with Gasteiger partial charge in [0, 0.05) is 22.0 Å². The molecule has 0 amide bonds. The molecule has 94 valence electrons.